The number of para-hydroxylation sites is 1. The zero-order valence-electron chi connectivity index (χ0n) is 37.7. The van der Waals surface area contributed by atoms with Crippen molar-refractivity contribution in [2.24, 2.45) is 10.9 Å². The maximum absolute atomic E-state index is 5.39. The van der Waals surface area contributed by atoms with E-state index in [4.69, 9.17) is 4.99 Å². The van der Waals surface area contributed by atoms with Gasteiger partial charge < -0.3 is 14.5 Å². The van der Waals surface area contributed by atoms with E-state index in [2.05, 4.69) is 226 Å². The average Bonchev–Trinajstić information content (AvgIpc) is 3.92. The van der Waals surface area contributed by atoms with Crippen LogP contribution in [0.3, 0.4) is 0 Å². The molecule has 9 aromatic rings. The topological polar surface area (TPSA) is 46.3 Å². The third kappa shape index (κ3) is 6.37. The Morgan fingerprint density at radius 1 is 0.618 bits per heavy atom. The van der Waals surface area contributed by atoms with Gasteiger partial charge in [0.25, 0.3) is 0 Å². The number of fused-ring (bicyclic) bond motifs is 10. The second kappa shape index (κ2) is 15.8. The van der Waals surface area contributed by atoms with Crippen molar-refractivity contribution in [1.82, 2.24) is 19.8 Å². The molecule has 0 saturated heterocycles. The van der Waals surface area contributed by atoms with Gasteiger partial charge in [-0.15, -0.1) is 0 Å². The maximum atomic E-state index is 5.39. The van der Waals surface area contributed by atoms with Crippen molar-refractivity contribution in [3.63, 3.8) is 0 Å². The zero-order valence-corrected chi connectivity index (χ0v) is 37.7. The molecule has 0 radical (unpaired) electrons. The van der Waals surface area contributed by atoms with Crippen LogP contribution in [0.5, 0.6) is 0 Å². The number of benzene rings is 7. The van der Waals surface area contributed by atoms with E-state index < -0.39 is 0 Å². The van der Waals surface area contributed by atoms with Crippen molar-refractivity contribution in [1.29, 1.82) is 0 Å². The molecule has 3 heterocycles. The van der Waals surface area contributed by atoms with Crippen LogP contribution in [0.4, 0.5) is 0 Å². The molecule has 0 fully saturated rings. The lowest BCUT2D eigenvalue weighted by Crippen LogP contribution is -2.45. The number of aryl methyl sites for hydroxylation is 1. The molecule has 5 aliphatic rings. The summed E-state index contributed by atoms with van der Waals surface area (Å²) in [7, 11) is 0. The van der Waals surface area contributed by atoms with Crippen molar-refractivity contribution in [2.45, 2.75) is 44.4 Å². The molecule has 326 valence electrons. The van der Waals surface area contributed by atoms with Gasteiger partial charge in [0.15, 0.2) is 0 Å². The molecule has 5 nitrogen and oxygen atoms in total. The van der Waals surface area contributed by atoms with Gasteiger partial charge in [0.2, 0.25) is 0 Å². The summed E-state index contributed by atoms with van der Waals surface area (Å²) in [4.78, 5) is 5.39. The van der Waals surface area contributed by atoms with Gasteiger partial charge >= 0.3 is 0 Å². The Hall–Kier alpha value is -7.99. The quantitative estimate of drug-likeness (QED) is 0.175. The highest BCUT2D eigenvalue weighted by Crippen LogP contribution is 2.45. The number of rotatable bonds is 6. The van der Waals surface area contributed by atoms with Gasteiger partial charge in [-0.25, -0.2) is 4.99 Å². The van der Waals surface area contributed by atoms with Crippen molar-refractivity contribution in [3.05, 3.63) is 243 Å². The molecule has 2 aromatic heterocycles. The zero-order chi connectivity index (χ0) is 44.7. The molecule has 1 aliphatic heterocycles. The molecule has 0 spiro atoms. The minimum absolute atomic E-state index is 0.247. The minimum atomic E-state index is -0.276. The molecule has 68 heavy (non-hydrogen) atoms. The van der Waals surface area contributed by atoms with E-state index in [0.29, 0.717) is 0 Å². The molecular formula is C63H49N5. The minimum Gasteiger partial charge on any atom is -0.350 e. The Bertz CT molecular complexity index is 3780. The highest BCUT2D eigenvalue weighted by atomic mass is 15.3. The van der Waals surface area contributed by atoms with Gasteiger partial charge in [-0.1, -0.05) is 164 Å². The average molecular weight is 876 g/mol. The van der Waals surface area contributed by atoms with Gasteiger partial charge in [0.05, 0.1) is 22.2 Å². The monoisotopic (exact) mass is 875 g/mol. The van der Waals surface area contributed by atoms with Crippen LogP contribution < -0.4 is 21.2 Å². The maximum Gasteiger partial charge on any atom is 0.131 e. The largest absolute Gasteiger partial charge is 0.350 e. The first-order valence-corrected chi connectivity index (χ1v) is 24.3. The normalized spacial score (nSPS) is 18.9. The summed E-state index contributed by atoms with van der Waals surface area (Å²) in [5.74, 6) is 1.11. The summed E-state index contributed by atoms with van der Waals surface area (Å²) in [6.45, 7) is 0. The van der Waals surface area contributed by atoms with Crippen LogP contribution in [0.2, 0.25) is 0 Å². The number of hydrogen-bond donors (Lipinski definition) is 2. The standard InChI is InChI=1S/C63H49N5/c1-3-16-40(17-4-1)43-23-15-24-47(34-43)62-64-61(42-19-5-2-6-20-42)65-63(66-62)55-36-44-21-7-8-22-45(44)38-59(55)68-57-29-14-12-27-52(57)54-37-48-35-49(32-30-46(48)39-58(54)68)67-56-28-13-11-26-51(56)53-33-31-41-18-9-10-25-50(41)60(53)67/h1-10,12-25,27-30,32,34,36-39,48,61,63,65H,11,26,31,33,35H2,(H,64,66). The molecule has 3 atom stereocenters. The van der Waals surface area contributed by atoms with Crippen LogP contribution >= 0.6 is 0 Å². The van der Waals surface area contributed by atoms with Crippen molar-refractivity contribution in [3.8, 4) is 28.1 Å². The Kier molecular flexibility index (Phi) is 9.12. The van der Waals surface area contributed by atoms with Crippen LogP contribution in [0, 0.1) is 5.92 Å². The lowest BCUT2D eigenvalue weighted by Gasteiger charge is -2.33. The van der Waals surface area contributed by atoms with Gasteiger partial charge in [-0.05, 0) is 124 Å². The Morgan fingerprint density at radius 3 is 2.28 bits per heavy atom. The van der Waals surface area contributed by atoms with Crippen LogP contribution in [0.25, 0.3) is 73.7 Å². The predicted molar refractivity (Wildman–Crippen MR) is 281 cm³/mol. The number of nitrogens with one attached hydrogen (secondary N) is 2. The van der Waals surface area contributed by atoms with Crippen LogP contribution in [0.15, 0.2) is 199 Å². The van der Waals surface area contributed by atoms with E-state index in [1.54, 1.807) is 11.1 Å². The third-order valence-electron chi connectivity index (χ3n) is 15.1. The van der Waals surface area contributed by atoms with Crippen molar-refractivity contribution < 1.29 is 0 Å². The number of allylic oxidation sites excluding steroid dienone is 5. The molecule has 0 amide bonds. The summed E-state index contributed by atoms with van der Waals surface area (Å²) in [6.07, 6.45) is 19.5. The van der Waals surface area contributed by atoms with E-state index in [0.717, 1.165) is 65.9 Å². The Labute approximate surface area is 396 Å². The van der Waals surface area contributed by atoms with E-state index in [9.17, 15) is 0 Å². The fourth-order valence-electron chi connectivity index (χ4n) is 11.9. The summed E-state index contributed by atoms with van der Waals surface area (Å²) >= 11 is 0. The van der Waals surface area contributed by atoms with Crippen molar-refractivity contribution in [2.75, 3.05) is 0 Å². The summed E-state index contributed by atoms with van der Waals surface area (Å²) < 4.78 is 5.17. The lowest BCUT2D eigenvalue weighted by molar-refractivity contribution is 0.408. The molecule has 4 aliphatic carbocycles. The SMILES string of the molecule is C1=Cc2c(c3c(n2C2=CC=C4C=c5c(c6ccccc6n5-c5cc6ccccc6cc5C5NC(c6cccc(-c7ccccc7)c6)=NC(c6ccccc6)N5)=CC4C2)-c2ccccc2CC3)CC1. The highest BCUT2D eigenvalue weighted by molar-refractivity contribution is 6.01. The fourth-order valence-corrected chi connectivity index (χ4v) is 11.9. The van der Waals surface area contributed by atoms with Gasteiger partial charge in [-0.2, -0.15) is 0 Å². The van der Waals surface area contributed by atoms with E-state index in [1.165, 1.54) is 71.6 Å². The third-order valence-corrected chi connectivity index (χ3v) is 15.1. The van der Waals surface area contributed by atoms with Crippen LogP contribution in [0.1, 0.15) is 64.2 Å². The molecule has 7 aromatic carbocycles. The summed E-state index contributed by atoms with van der Waals surface area (Å²) in [5.41, 5.74) is 19.5. The first-order chi connectivity index (χ1) is 33.7. The van der Waals surface area contributed by atoms with E-state index >= 15 is 0 Å². The fraction of sp³-hybridized carbons (Fsp3) is 0.127. The van der Waals surface area contributed by atoms with Gasteiger partial charge in [0.1, 0.15) is 18.2 Å². The second-order valence-electron chi connectivity index (χ2n) is 19.0. The summed E-state index contributed by atoms with van der Waals surface area (Å²) in [5, 5.41) is 14.1. The molecule has 0 saturated carbocycles. The molecule has 0 bridgehead atoms. The van der Waals surface area contributed by atoms with E-state index in [-0.39, 0.29) is 18.2 Å². The smallest absolute Gasteiger partial charge is 0.131 e. The first-order valence-electron chi connectivity index (χ1n) is 24.3. The lowest BCUT2D eigenvalue weighted by atomic mass is 9.85. The van der Waals surface area contributed by atoms with Crippen LogP contribution in [-0.2, 0) is 19.3 Å². The molecular weight excluding hydrogens is 827 g/mol. The molecule has 2 N–H and O–H groups in total. The van der Waals surface area contributed by atoms with Gasteiger partial charge in [-0.3, -0.25) is 5.32 Å². The van der Waals surface area contributed by atoms with Crippen molar-refractivity contribution >= 4 is 51.4 Å². The first kappa shape index (κ1) is 39.2. The Morgan fingerprint density at radius 2 is 1.38 bits per heavy atom. The van der Waals surface area contributed by atoms with Crippen LogP contribution in [-0.4, -0.2) is 15.0 Å². The number of aliphatic imine (C=N–C) groups is 1. The predicted octanol–water partition coefficient (Wildman–Crippen LogP) is 12.4. The van der Waals surface area contributed by atoms with E-state index in [1.807, 2.05) is 0 Å². The number of amidine groups is 1. The highest BCUT2D eigenvalue weighted by Gasteiger charge is 2.33. The molecule has 3 unspecified atom stereocenters. The number of aromatic nitrogens is 2. The Balaban J connectivity index is 0.930. The molecule has 14 rings (SSSR count). The number of hydrogen-bond acceptors (Lipinski definition) is 3. The number of nitrogens with zero attached hydrogens (tertiary/aromatic N) is 3. The molecule has 5 heteroatoms. The van der Waals surface area contributed by atoms with Gasteiger partial charge in [0, 0.05) is 44.6 Å². The second-order valence-corrected chi connectivity index (χ2v) is 19.0. The summed E-state index contributed by atoms with van der Waals surface area (Å²) in [6, 6.07) is 61.7.